The summed E-state index contributed by atoms with van der Waals surface area (Å²) in [5.74, 6) is 1.91. The molecular formula is C40H24N4O. The molecular weight excluding hydrogens is 552 g/mol. The van der Waals surface area contributed by atoms with Gasteiger partial charge in [-0.25, -0.2) is 15.0 Å². The van der Waals surface area contributed by atoms with Crippen molar-refractivity contribution in [1.82, 2.24) is 19.9 Å². The van der Waals surface area contributed by atoms with E-state index in [1.54, 1.807) is 0 Å². The summed E-state index contributed by atoms with van der Waals surface area (Å²) in [6.07, 6.45) is 1.99. The average Bonchev–Trinajstić information content (AvgIpc) is 3.50. The van der Waals surface area contributed by atoms with E-state index in [2.05, 4.69) is 60.7 Å². The summed E-state index contributed by atoms with van der Waals surface area (Å²) < 4.78 is 6.43. The van der Waals surface area contributed by atoms with Crippen LogP contribution < -0.4 is 0 Å². The Balaban J connectivity index is 1.23. The van der Waals surface area contributed by atoms with Gasteiger partial charge in [0.05, 0.1) is 5.52 Å². The van der Waals surface area contributed by atoms with Crippen LogP contribution in [0, 0.1) is 0 Å². The molecule has 210 valence electrons. The van der Waals surface area contributed by atoms with Gasteiger partial charge in [-0.2, -0.15) is 0 Å². The van der Waals surface area contributed by atoms with Gasteiger partial charge in [-0.3, -0.25) is 4.98 Å². The van der Waals surface area contributed by atoms with Crippen molar-refractivity contribution in [2.24, 2.45) is 0 Å². The van der Waals surface area contributed by atoms with Gasteiger partial charge in [0.1, 0.15) is 11.2 Å². The van der Waals surface area contributed by atoms with Crippen molar-refractivity contribution < 1.29 is 4.42 Å². The fourth-order valence-electron chi connectivity index (χ4n) is 6.22. The number of aromatic nitrogens is 4. The van der Waals surface area contributed by atoms with Crippen molar-refractivity contribution in [3.63, 3.8) is 0 Å². The van der Waals surface area contributed by atoms with Crippen LogP contribution in [0.15, 0.2) is 150 Å². The lowest BCUT2D eigenvalue weighted by Gasteiger charge is -2.12. The first-order valence-corrected chi connectivity index (χ1v) is 14.9. The third kappa shape index (κ3) is 4.25. The summed E-state index contributed by atoms with van der Waals surface area (Å²) in [5, 5.41) is 5.57. The number of rotatable bonds is 4. The molecule has 3 aromatic heterocycles. The number of fused-ring (bicyclic) bond motifs is 7. The Labute approximate surface area is 258 Å². The highest BCUT2D eigenvalue weighted by Crippen LogP contribution is 2.42. The Hall–Kier alpha value is -6.20. The van der Waals surface area contributed by atoms with E-state index in [9.17, 15) is 0 Å². The van der Waals surface area contributed by atoms with Gasteiger partial charge in [0, 0.05) is 49.8 Å². The standard InChI is InChI=1S/C40H24N4O/c1-3-11-26(12-4-1)38-42-39(27-13-5-2-6-14-27)44-40(43-38)28-21-19-25(20-22-28)31-23-35-37(30-16-8-10-18-34(30)45-35)36-29-15-7-9-17-33(29)41-24-32(31)36/h1-24H. The van der Waals surface area contributed by atoms with Crippen molar-refractivity contribution in [3.05, 3.63) is 146 Å². The third-order valence-electron chi connectivity index (χ3n) is 8.37. The zero-order valence-electron chi connectivity index (χ0n) is 24.1. The normalized spacial score (nSPS) is 11.6. The van der Waals surface area contributed by atoms with Crippen LogP contribution in [0.1, 0.15) is 0 Å². The maximum Gasteiger partial charge on any atom is 0.164 e. The number of hydrogen-bond donors (Lipinski definition) is 0. The molecule has 0 aliphatic rings. The predicted octanol–water partition coefficient (Wildman–Crippen LogP) is 10.1. The van der Waals surface area contributed by atoms with Crippen LogP contribution in [-0.4, -0.2) is 19.9 Å². The number of nitrogens with zero attached hydrogens (tertiary/aromatic N) is 4. The first-order chi connectivity index (χ1) is 22.3. The van der Waals surface area contributed by atoms with E-state index in [0.717, 1.165) is 71.4 Å². The van der Waals surface area contributed by atoms with Crippen LogP contribution >= 0.6 is 0 Å². The van der Waals surface area contributed by atoms with Crippen molar-refractivity contribution in [2.75, 3.05) is 0 Å². The molecule has 0 aliphatic heterocycles. The summed E-state index contributed by atoms with van der Waals surface area (Å²) >= 11 is 0. The topological polar surface area (TPSA) is 64.7 Å². The second kappa shape index (κ2) is 10.2. The van der Waals surface area contributed by atoms with Crippen molar-refractivity contribution in [2.45, 2.75) is 0 Å². The Morgan fingerprint density at radius 2 is 0.933 bits per heavy atom. The van der Waals surface area contributed by atoms with E-state index in [-0.39, 0.29) is 0 Å². The monoisotopic (exact) mass is 576 g/mol. The van der Waals surface area contributed by atoms with E-state index in [4.69, 9.17) is 24.4 Å². The van der Waals surface area contributed by atoms with Crippen molar-refractivity contribution >= 4 is 43.6 Å². The summed E-state index contributed by atoms with van der Waals surface area (Å²) in [7, 11) is 0. The molecule has 0 amide bonds. The molecule has 0 spiro atoms. The molecule has 0 saturated carbocycles. The summed E-state index contributed by atoms with van der Waals surface area (Å²) in [5.41, 5.74) is 7.61. The molecule has 0 aliphatic carbocycles. The van der Waals surface area contributed by atoms with Crippen LogP contribution in [0.2, 0.25) is 0 Å². The SMILES string of the molecule is c1ccc(-c2nc(-c3ccccc3)nc(-c3ccc(-c4cc5oc6ccccc6c5c5c4cnc4ccccc45)cc3)n2)cc1. The zero-order chi connectivity index (χ0) is 29.7. The van der Waals surface area contributed by atoms with Gasteiger partial charge < -0.3 is 4.42 Å². The molecule has 0 N–H and O–H groups in total. The predicted molar refractivity (Wildman–Crippen MR) is 182 cm³/mol. The number of furan rings is 1. The molecule has 3 heterocycles. The second-order valence-corrected chi connectivity index (χ2v) is 11.1. The lowest BCUT2D eigenvalue weighted by molar-refractivity contribution is 0.669. The van der Waals surface area contributed by atoms with Gasteiger partial charge in [0.25, 0.3) is 0 Å². The van der Waals surface area contributed by atoms with Crippen LogP contribution in [0.25, 0.3) is 88.9 Å². The van der Waals surface area contributed by atoms with Crippen LogP contribution in [0.3, 0.4) is 0 Å². The summed E-state index contributed by atoms with van der Waals surface area (Å²) in [6.45, 7) is 0. The lowest BCUT2D eigenvalue weighted by Crippen LogP contribution is -2.00. The van der Waals surface area contributed by atoms with E-state index >= 15 is 0 Å². The number of para-hydroxylation sites is 2. The van der Waals surface area contributed by atoms with Crippen LogP contribution in [-0.2, 0) is 0 Å². The molecule has 0 bridgehead atoms. The summed E-state index contributed by atoms with van der Waals surface area (Å²) in [4.78, 5) is 19.5. The number of hydrogen-bond acceptors (Lipinski definition) is 5. The maximum atomic E-state index is 6.43. The maximum absolute atomic E-state index is 6.43. The average molecular weight is 577 g/mol. The molecule has 0 atom stereocenters. The number of pyridine rings is 1. The second-order valence-electron chi connectivity index (χ2n) is 11.1. The molecule has 5 nitrogen and oxygen atoms in total. The van der Waals surface area contributed by atoms with Gasteiger partial charge >= 0.3 is 0 Å². The third-order valence-corrected chi connectivity index (χ3v) is 8.37. The molecule has 0 fully saturated rings. The lowest BCUT2D eigenvalue weighted by atomic mass is 9.93. The number of benzene rings is 6. The molecule has 6 aromatic carbocycles. The highest BCUT2D eigenvalue weighted by molar-refractivity contribution is 6.28. The molecule has 9 rings (SSSR count). The fourth-order valence-corrected chi connectivity index (χ4v) is 6.22. The van der Waals surface area contributed by atoms with Crippen LogP contribution in [0.5, 0.6) is 0 Å². The quantitative estimate of drug-likeness (QED) is 0.195. The molecule has 5 heteroatoms. The molecule has 9 aromatic rings. The van der Waals surface area contributed by atoms with E-state index in [1.165, 1.54) is 0 Å². The molecule has 0 radical (unpaired) electrons. The smallest absolute Gasteiger partial charge is 0.164 e. The Kier molecular flexibility index (Phi) is 5.74. The van der Waals surface area contributed by atoms with Gasteiger partial charge in [0.2, 0.25) is 0 Å². The minimum absolute atomic E-state index is 0.625. The van der Waals surface area contributed by atoms with Gasteiger partial charge in [-0.15, -0.1) is 0 Å². The highest BCUT2D eigenvalue weighted by atomic mass is 16.3. The minimum Gasteiger partial charge on any atom is -0.456 e. The van der Waals surface area contributed by atoms with Gasteiger partial charge in [0.15, 0.2) is 17.5 Å². The Morgan fingerprint density at radius 1 is 0.400 bits per heavy atom. The fraction of sp³-hybridized carbons (Fsp3) is 0. The van der Waals surface area contributed by atoms with Gasteiger partial charge in [-0.1, -0.05) is 121 Å². The zero-order valence-corrected chi connectivity index (χ0v) is 24.1. The van der Waals surface area contributed by atoms with Crippen molar-refractivity contribution in [1.29, 1.82) is 0 Å². The van der Waals surface area contributed by atoms with Gasteiger partial charge in [-0.05, 0) is 29.3 Å². The highest BCUT2D eigenvalue weighted by Gasteiger charge is 2.18. The first-order valence-electron chi connectivity index (χ1n) is 14.9. The first kappa shape index (κ1) is 25.3. The Morgan fingerprint density at radius 3 is 1.60 bits per heavy atom. The molecule has 0 saturated heterocycles. The van der Waals surface area contributed by atoms with E-state index < -0.39 is 0 Å². The minimum atomic E-state index is 0.625. The largest absolute Gasteiger partial charge is 0.456 e. The Bertz CT molecular complexity index is 2460. The molecule has 45 heavy (non-hydrogen) atoms. The van der Waals surface area contributed by atoms with Crippen molar-refractivity contribution in [3.8, 4) is 45.3 Å². The van der Waals surface area contributed by atoms with Crippen LogP contribution in [0.4, 0.5) is 0 Å². The molecule has 0 unspecified atom stereocenters. The van der Waals surface area contributed by atoms with E-state index in [1.807, 2.05) is 85.1 Å². The van der Waals surface area contributed by atoms with E-state index in [0.29, 0.717) is 17.5 Å². The summed E-state index contributed by atoms with van der Waals surface area (Å²) in [6, 6.07) is 47.2.